The monoisotopic (exact) mass is 154 g/mol. The van der Waals surface area contributed by atoms with Gasteiger partial charge >= 0.3 is 0 Å². The van der Waals surface area contributed by atoms with Crippen molar-refractivity contribution in [2.45, 2.75) is 45.8 Å². The Hall–Kier alpha value is -0.300. The Balaban J connectivity index is 2.32. The van der Waals surface area contributed by atoms with E-state index in [4.69, 9.17) is 4.74 Å². The lowest BCUT2D eigenvalue weighted by molar-refractivity contribution is 0.0255. The Kier molecular flexibility index (Phi) is 3.13. The number of allylic oxidation sites excluding steroid dienone is 1. The van der Waals surface area contributed by atoms with E-state index in [-0.39, 0.29) is 0 Å². The second-order valence-electron chi connectivity index (χ2n) is 3.66. The van der Waals surface area contributed by atoms with Gasteiger partial charge in [0.15, 0.2) is 0 Å². The van der Waals surface area contributed by atoms with Crippen LogP contribution < -0.4 is 0 Å². The molecule has 1 aliphatic rings. The highest BCUT2D eigenvalue weighted by atomic mass is 16.5. The van der Waals surface area contributed by atoms with Crippen molar-refractivity contribution in [3.63, 3.8) is 0 Å². The van der Waals surface area contributed by atoms with Gasteiger partial charge in [-0.2, -0.15) is 0 Å². The molecule has 0 amide bonds. The Bertz CT molecular complexity index is 138. The summed E-state index contributed by atoms with van der Waals surface area (Å²) in [5.74, 6) is 0.752. The van der Waals surface area contributed by atoms with E-state index in [1.54, 1.807) is 0 Å². The summed E-state index contributed by atoms with van der Waals surface area (Å²) in [5, 5.41) is 0. The van der Waals surface area contributed by atoms with Crippen molar-refractivity contribution in [2.75, 3.05) is 0 Å². The number of hydrogen-bond acceptors (Lipinski definition) is 1. The van der Waals surface area contributed by atoms with Crippen LogP contribution in [0.25, 0.3) is 0 Å². The van der Waals surface area contributed by atoms with Gasteiger partial charge in [0.2, 0.25) is 0 Å². The lowest BCUT2D eigenvalue weighted by atomic mass is 9.96. The van der Waals surface area contributed by atoms with Crippen LogP contribution in [0.5, 0.6) is 0 Å². The van der Waals surface area contributed by atoms with E-state index < -0.39 is 0 Å². The molecule has 0 spiro atoms. The van der Waals surface area contributed by atoms with Crippen molar-refractivity contribution in [3.05, 3.63) is 12.2 Å². The predicted molar refractivity (Wildman–Crippen MR) is 47.5 cm³/mol. The topological polar surface area (TPSA) is 9.23 Å². The largest absolute Gasteiger partial charge is 0.372 e. The fraction of sp³-hybridized carbons (Fsp3) is 0.800. The van der Waals surface area contributed by atoms with Crippen LogP contribution in [0.3, 0.4) is 0 Å². The highest BCUT2D eigenvalue weighted by Crippen LogP contribution is 2.19. The van der Waals surface area contributed by atoms with Crippen LogP contribution >= 0.6 is 0 Å². The first-order valence-corrected chi connectivity index (χ1v) is 4.52. The molecule has 64 valence electrons. The molecule has 0 heterocycles. The molecule has 0 aliphatic heterocycles. The lowest BCUT2D eigenvalue weighted by Gasteiger charge is -2.22. The molecule has 1 nitrogen and oxygen atoms in total. The summed E-state index contributed by atoms with van der Waals surface area (Å²) in [6.45, 7) is 6.43. The number of ether oxygens (including phenoxy) is 1. The molecular weight excluding hydrogens is 136 g/mol. The highest BCUT2D eigenvalue weighted by Gasteiger charge is 2.13. The lowest BCUT2D eigenvalue weighted by Crippen LogP contribution is -2.19. The predicted octanol–water partition coefficient (Wildman–Crippen LogP) is 2.77. The Morgan fingerprint density at radius 2 is 2.00 bits per heavy atom. The van der Waals surface area contributed by atoms with Crippen molar-refractivity contribution in [1.82, 2.24) is 0 Å². The summed E-state index contributed by atoms with van der Waals surface area (Å²) in [6.07, 6.45) is 7.67. The van der Waals surface area contributed by atoms with Crippen molar-refractivity contribution < 1.29 is 4.74 Å². The summed E-state index contributed by atoms with van der Waals surface area (Å²) in [6, 6.07) is 0. The Morgan fingerprint density at radius 3 is 2.45 bits per heavy atom. The van der Waals surface area contributed by atoms with E-state index in [1.807, 2.05) is 0 Å². The molecule has 0 fully saturated rings. The molecular formula is C10H18O. The fourth-order valence-corrected chi connectivity index (χ4v) is 1.40. The van der Waals surface area contributed by atoms with Crippen LogP contribution in [0.15, 0.2) is 12.2 Å². The molecule has 0 aromatic carbocycles. The molecule has 11 heavy (non-hydrogen) atoms. The van der Waals surface area contributed by atoms with Gasteiger partial charge in [-0.25, -0.2) is 0 Å². The maximum Gasteiger partial charge on any atom is 0.0759 e. The van der Waals surface area contributed by atoms with Crippen LogP contribution in [0.2, 0.25) is 0 Å². The first-order chi connectivity index (χ1) is 5.18. The molecule has 0 saturated heterocycles. The first-order valence-electron chi connectivity index (χ1n) is 4.52. The van der Waals surface area contributed by atoms with Gasteiger partial charge in [0.1, 0.15) is 0 Å². The summed E-state index contributed by atoms with van der Waals surface area (Å²) < 4.78 is 5.65. The zero-order valence-electron chi connectivity index (χ0n) is 7.71. The standard InChI is InChI=1S/C10H18O/c1-8(2)11-10-6-4-9(3)5-7-10/h4,6,8-10H,5,7H2,1-3H3. The molecule has 2 atom stereocenters. The highest BCUT2D eigenvalue weighted by molar-refractivity contribution is 4.97. The van der Waals surface area contributed by atoms with Gasteiger partial charge in [0.05, 0.1) is 12.2 Å². The SMILES string of the molecule is CC1C=CC(OC(C)C)CC1. The van der Waals surface area contributed by atoms with Gasteiger partial charge in [0, 0.05) is 0 Å². The molecule has 1 rings (SSSR count). The van der Waals surface area contributed by atoms with Crippen LogP contribution in [0.4, 0.5) is 0 Å². The van der Waals surface area contributed by atoms with E-state index in [9.17, 15) is 0 Å². The molecule has 1 aliphatic carbocycles. The third-order valence-electron chi connectivity index (χ3n) is 2.01. The number of rotatable bonds is 2. The average molecular weight is 154 g/mol. The van der Waals surface area contributed by atoms with Crippen LogP contribution in [-0.4, -0.2) is 12.2 Å². The molecule has 2 unspecified atom stereocenters. The summed E-state index contributed by atoms with van der Waals surface area (Å²) in [7, 11) is 0. The maximum atomic E-state index is 5.65. The minimum atomic E-state index is 0.359. The third kappa shape index (κ3) is 3.06. The number of hydrogen-bond donors (Lipinski definition) is 0. The van der Waals surface area contributed by atoms with E-state index in [2.05, 4.69) is 32.9 Å². The summed E-state index contributed by atoms with van der Waals surface area (Å²) in [4.78, 5) is 0. The average Bonchev–Trinajstić information content (AvgIpc) is 1.93. The van der Waals surface area contributed by atoms with E-state index in [0.717, 1.165) is 5.92 Å². The fourth-order valence-electron chi connectivity index (χ4n) is 1.40. The van der Waals surface area contributed by atoms with Gasteiger partial charge in [-0.15, -0.1) is 0 Å². The second-order valence-corrected chi connectivity index (χ2v) is 3.66. The van der Waals surface area contributed by atoms with Crippen molar-refractivity contribution in [2.24, 2.45) is 5.92 Å². The quantitative estimate of drug-likeness (QED) is 0.556. The molecule has 1 heteroatoms. The van der Waals surface area contributed by atoms with Gasteiger partial charge in [-0.05, 0) is 32.6 Å². The van der Waals surface area contributed by atoms with Crippen LogP contribution in [0, 0.1) is 5.92 Å². The molecule has 0 radical (unpaired) electrons. The zero-order valence-corrected chi connectivity index (χ0v) is 7.71. The summed E-state index contributed by atoms with van der Waals surface area (Å²) in [5.41, 5.74) is 0. The van der Waals surface area contributed by atoms with Crippen molar-refractivity contribution >= 4 is 0 Å². The van der Waals surface area contributed by atoms with Gasteiger partial charge < -0.3 is 4.74 Å². The normalized spacial score (nSPS) is 31.3. The van der Waals surface area contributed by atoms with Crippen LogP contribution in [-0.2, 0) is 4.74 Å². The molecule has 0 aromatic heterocycles. The maximum absolute atomic E-state index is 5.65. The second kappa shape index (κ2) is 3.91. The van der Waals surface area contributed by atoms with Crippen LogP contribution in [0.1, 0.15) is 33.6 Å². The van der Waals surface area contributed by atoms with E-state index in [1.165, 1.54) is 12.8 Å². The zero-order chi connectivity index (χ0) is 8.27. The minimum absolute atomic E-state index is 0.359. The first kappa shape index (κ1) is 8.79. The Morgan fingerprint density at radius 1 is 1.27 bits per heavy atom. The molecule has 0 saturated carbocycles. The molecule has 0 N–H and O–H groups in total. The third-order valence-corrected chi connectivity index (χ3v) is 2.01. The molecule has 0 bridgehead atoms. The van der Waals surface area contributed by atoms with Gasteiger partial charge in [0.25, 0.3) is 0 Å². The minimum Gasteiger partial charge on any atom is -0.372 e. The van der Waals surface area contributed by atoms with E-state index in [0.29, 0.717) is 12.2 Å². The summed E-state index contributed by atoms with van der Waals surface area (Å²) >= 11 is 0. The van der Waals surface area contributed by atoms with E-state index >= 15 is 0 Å². The Labute approximate surface area is 69.4 Å². The smallest absolute Gasteiger partial charge is 0.0759 e. The van der Waals surface area contributed by atoms with Gasteiger partial charge in [-0.1, -0.05) is 19.1 Å². The van der Waals surface area contributed by atoms with Crippen molar-refractivity contribution in [1.29, 1.82) is 0 Å². The van der Waals surface area contributed by atoms with Gasteiger partial charge in [-0.3, -0.25) is 0 Å². The molecule has 0 aromatic rings. The van der Waals surface area contributed by atoms with Crippen molar-refractivity contribution in [3.8, 4) is 0 Å².